The molecule has 1 fully saturated rings. The highest BCUT2D eigenvalue weighted by Gasteiger charge is 2.02. The van der Waals surface area contributed by atoms with Gasteiger partial charge >= 0.3 is 0 Å². The third-order valence-electron chi connectivity index (χ3n) is 1.64. The number of hydrazine groups is 1. The summed E-state index contributed by atoms with van der Waals surface area (Å²) in [5.41, 5.74) is 0. The molecule has 0 aromatic rings. The number of rotatable bonds is 0. The van der Waals surface area contributed by atoms with Crippen LogP contribution in [0.2, 0.25) is 0 Å². The van der Waals surface area contributed by atoms with Crippen molar-refractivity contribution in [2.24, 2.45) is 5.84 Å². The van der Waals surface area contributed by atoms with Crippen LogP contribution in [-0.2, 0) is 0 Å². The molecule has 3 heteroatoms. The number of hydrogen-bond acceptors (Lipinski definition) is 2. The molecule has 1 aliphatic rings. The molecule has 56 valence electrons. The van der Waals surface area contributed by atoms with E-state index in [1.165, 1.54) is 25.7 Å². The zero-order valence-electron chi connectivity index (χ0n) is 5.68. The first-order valence-corrected chi connectivity index (χ1v) is 3.39. The normalized spacial score (nSPS) is 22.3. The van der Waals surface area contributed by atoms with Crippen LogP contribution in [0.5, 0.6) is 0 Å². The summed E-state index contributed by atoms with van der Waals surface area (Å²) in [6, 6.07) is 0. The molecular formula is C6H15IN2. The minimum Gasteiger partial charge on any atom is -0.269 e. The maximum absolute atomic E-state index is 5.57. The monoisotopic (exact) mass is 242 g/mol. The molecule has 0 aromatic carbocycles. The van der Waals surface area contributed by atoms with Crippen LogP contribution in [-0.4, -0.2) is 18.1 Å². The molecule has 0 atom stereocenters. The fourth-order valence-electron chi connectivity index (χ4n) is 1.10. The summed E-state index contributed by atoms with van der Waals surface area (Å²) in [5.74, 6) is 5.57. The number of hydrogen-bond donors (Lipinski definition) is 1. The average molecular weight is 242 g/mol. The van der Waals surface area contributed by atoms with Crippen molar-refractivity contribution in [2.75, 3.05) is 13.1 Å². The van der Waals surface area contributed by atoms with Crippen LogP contribution >= 0.6 is 24.0 Å². The highest BCUT2D eigenvalue weighted by molar-refractivity contribution is 14.0. The van der Waals surface area contributed by atoms with E-state index in [1.54, 1.807) is 0 Å². The van der Waals surface area contributed by atoms with Crippen LogP contribution in [0, 0.1) is 0 Å². The van der Waals surface area contributed by atoms with Gasteiger partial charge in [0.25, 0.3) is 0 Å². The molecule has 2 nitrogen and oxygen atoms in total. The summed E-state index contributed by atoms with van der Waals surface area (Å²) in [5, 5.41) is 1.92. The predicted octanol–water partition coefficient (Wildman–Crippen LogP) is 1.35. The Balaban J connectivity index is 0.000000640. The van der Waals surface area contributed by atoms with Gasteiger partial charge in [-0.15, -0.1) is 24.0 Å². The van der Waals surface area contributed by atoms with Crippen LogP contribution in [0.15, 0.2) is 0 Å². The van der Waals surface area contributed by atoms with Crippen LogP contribution in [0.25, 0.3) is 0 Å². The topological polar surface area (TPSA) is 29.3 Å². The molecule has 0 aromatic heterocycles. The fourth-order valence-corrected chi connectivity index (χ4v) is 1.10. The van der Waals surface area contributed by atoms with Crippen molar-refractivity contribution >= 4 is 24.0 Å². The van der Waals surface area contributed by atoms with Crippen LogP contribution in [0.1, 0.15) is 25.7 Å². The highest BCUT2D eigenvalue weighted by atomic mass is 127. The Bertz CT molecular complexity index is 60.1. The molecule has 2 N–H and O–H groups in total. The molecule has 9 heavy (non-hydrogen) atoms. The van der Waals surface area contributed by atoms with Crippen molar-refractivity contribution in [1.29, 1.82) is 0 Å². The summed E-state index contributed by atoms with van der Waals surface area (Å²) < 4.78 is 0. The van der Waals surface area contributed by atoms with Gasteiger partial charge < -0.3 is 0 Å². The quantitative estimate of drug-likeness (QED) is 0.513. The van der Waals surface area contributed by atoms with E-state index in [-0.39, 0.29) is 24.0 Å². The SMILES string of the molecule is I.NN1CCCCCC1. The van der Waals surface area contributed by atoms with Crippen molar-refractivity contribution < 1.29 is 0 Å². The van der Waals surface area contributed by atoms with Crippen LogP contribution < -0.4 is 5.84 Å². The zero-order valence-corrected chi connectivity index (χ0v) is 8.01. The summed E-state index contributed by atoms with van der Waals surface area (Å²) in [7, 11) is 0. The fraction of sp³-hybridized carbons (Fsp3) is 1.00. The van der Waals surface area contributed by atoms with Gasteiger partial charge in [0.1, 0.15) is 0 Å². The molecule has 0 saturated carbocycles. The Kier molecular flexibility index (Phi) is 5.83. The maximum atomic E-state index is 5.57. The van der Waals surface area contributed by atoms with Crippen molar-refractivity contribution in [3.8, 4) is 0 Å². The van der Waals surface area contributed by atoms with Gasteiger partial charge in [-0.05, 0) is 12.8 Å². The van der Waals surface area contributed by atoms with E-state index in [9.17, 15) is 0 Å². The van der Waals surface area contributed by atoms with Gasteiger partial charge in [0.2, 0.25) is 0 Å². The van der Waals surface area contributed by atoms with Gasteiger partial charge in [-0.25, -0.2) is 5.01 Å². The molecule has 1 rings (SSSR count). The Hall–Kier alpha value is 0.650. The Morgan fingerprint density at radius 2 is 1.33 bits per heavy atom. The molecule has 0 bridgehead atoms. The lowest BCUT2D eigenvalue weighted by Gasteiger charge is -2.10. The first-order chi connectivity index (χ1) is 3.89. The minimum atomic E-state index is 0. The molecule has 1 saturated heterocycles. The highest BCUT2D eigenvalue weighted by Crippen LogP contribution is 2.05. The lowest BCUT2D eigenvalue weighted by molar-refractivity contribution is 0.296. The Labute approximate surface area is 73.8 Å². The Morgan fingerprint density at radius 1 is 0.889 bits per heavy atom. The summed E-state index contributed by atoms with van der Waals surface area (Å²) in [6.07, 6.45) is 5.31. The number of nitrogens with two attached hydrogens (primary N) is 1. The maximum Gasteiger partial charge on any atom is 0.0128 e. The average Bonchev–Trinajstić information content (AvgIpc) is 1.94. The zero-order chi connectivity index (χ0) is 5.82. The smallest absolute Gasteiger partial charge is 0.0128 e. The summed E-state index contributed by atoms with van der Waals surface area (Å²) >= 11 is 0. The third-order valence-corrected chi connectivity index (χ3v) is 1.64. The standard InChI is InChI=1S/C6H14N2.HI/c7-8-5-3-1-2-4-6-8;/h1-7H2;1H. The van der Waals surface area contributed by atoms with Gasteiger partial charge in [-0.1, -0.05) is 12.8 Å². The van der Waals surface area contributed by atoms with Gasteiger partial charge in [0.15, 0.2) is 0 Å². The summed E-state index contributed by atoms with van der Waals surface area (Å²) in [6.45, 7) is 2.19. The first kappa shape index (κ1) is 9.65. The molecule has 1 aliphatic heterocycles. The summed E-state index contributed by atoms with van der Waals surface area (Å²) in [4.78, 5) is 0. The lowest BCUT2D eigenvalue weighted by atomic mass is 10.2. The van der Waals surface area contributed by atoms with Crippen LogP contribution in [0.4, 0.5) is 0 Å². The molecule has 1 heterocycles. The second-order valence-electron chi connectivity index (χ2n) is 2.45. The number of nitrogens with zero attached hydrogens (tertiary/aromatic N) is 1. The minimum absolute atomic E-state index is 0. The van der Waals surface area contributed by atoms with Gasteiger partial charge in [0, 0.05) is 13.1 Å². The second-order valence-corrected chi connectivity index (χ2v) is 2.45. The van der Waals surface area contributed by atoms with Crippen molar-refractivity contribution in [3.05, 3.63) is 0 Å². The Morgan fingerprint density at radius 3 is 1.78 bits per heavy atom. The van der Waals surface area contributed by atoms with Crippen LogP contribution in [0.3, 0.4) is 0 Å². The molecule has 0 spiro atoms. The van der Waals surface area contributed by atoms with E-state index in [0.717, 1.165) is 13.1 Å². The first-order valence-electron chi connectivity index (χ1n) is 3.39. The van der Waals surface area contributed by atoms with Gasteiger partial charge in [-0.2, -0.15) is 0 Å². The van der Waals surface area contributed by atoms with E-state index in [1.807, 2.05) is 5.01 Å². The number of halogens is 1. The molecule has 0 unspecified atom stereocenters. The van der Waals surface area contributed by atoms with Gasteiger partial charge in [-0.3, -0.25) is 5.84 Å². The van der Waals surface area contributed by atoms with E-state index < -0.39 is 0 Å². The van der Waals surface area contributed by atoms with E-state index in [4.69, 9.17) is 5.84 Å². The molecule has 0 aliphatic carbocycles. The lowest BCUT2D eigenvalue weighted by Crippen LogP contribution is -2.31. The largest absolute Gasteiger partial charge is 0.269 e. The van der Waals surface area contributed by atoms with Crippen molar-refractivity contribution in [1.82, 2.24) is 5.01 Å². The third kappa shape index (κ3) is 4.11. The van der Waals surface area contributed by atoms with Gasteiger partial charge in [0.05, 0.1) is 0 Å². The molecular weight excluding hydrogens is 227 g/mol. The molecule has 0 amide bonds. The van der Waals surface area contributed by atoms with E-state index in [0.29, 0.717) is 0 Å². The second kappa shape index (κ2) is 5.44. The van der Waals surface area contributed by atoms with E-state index >= 15 is 0 Å². The van der Waals surface area contributed by atoms with Crippen molar-refractivity contribution in [2.45, 2.75) is 25.7 Å². The van der Waals surface area contributed by atoms with E-state index in [2.05, 4.69) is 0 Å². The predicted molar refractivity (Wildman–Crippen MR) is 49.6 cm³/mol. The molecule has 0 radical (unpaired) electrons. The van der Waals surface area contributed by atoms with Crippen molar-refractivity contribution in [3.63, 3.8) is 0 Å².